The zero-order valence-electron chi connectivity index (χ0n) is 24.3. The van der Waals surface area contributed by atoms with Crippen molar-refractivity contribution < 1.29 is 33.3 Å². The number of hydrogen-bond acceptors (Lipinski definition) is 8. The van der Waals surface area contributed by atoms with E-state index in [-0.39, 0.29) is 17.7 Å². The van der Waals surface area contributed by atoms with Crippen LogP contribution in [0.15, 0.2) is 126 Å². The standard InChI is InChI=1S/C36H29NO8/c1-23-17-18-24-19-20-37(32(38)28(24)21-23)33-31(45-36(41)27-15-9-4-10-16-27)30(44-35(40)26-13-7-3-8-14-26)29(43-33)22-42-34(39)25-11-5-2-6-12-25/h2-21,29-31,33H,22H2,1H3/t29-,30+,31-,33-/m1/s1. The molecule has 2 heterocycles. The van der Waals surface area contributed by atoms with E-state index in [4.69, 9.17) is 18.9 Å². The summed E-state index contributed by atoms with van der Waals surface area (Å²) in [5.74, 6) is -2.03. The number of nitrogens with zero attached hydrogens (tertiary/aromatic N) is 1. The molecule has 0 aliphatic carbocycles. The van der Waals surface area contributed by atoms with Gasteiger partial charge in [0.25, 0.3) is 5.56 Å². The van der Waals surface area contributed by atoms with E-state index in [1.807, 2.05) is 19.1 Å². The molecule has 5 aromatic rings. The number of ether oxygens (including phenoxy) is 4. The molecule has 9 nitrogen and oxygen atoms in total. The first-order chi connectivity index (χ1) is 21.9. The molecule has 45 heavy (non-hydrogen) atoms. The fraction of sp³-hybridized carbons (Fsp3) is 0.167. The molecular weight excluding hydrogens is 574 g/mol. The predicted octanol–water partition coefficient (Wildman–Crippen LogP) is 5.52. The van der Waals surface area contributed by atoms with Gasteiger partial charge in [0, 0.05) is 11.6 Å². The number of fused-ring (bicyclic) bond motifs is 1. The summed E-state index contributed by atoms with van der Waals surface area (Å²) in [5.41, 5.74) is 1.32. The molecular formula is C36H29NO8. The number of benzene rings is 4. The Kier molecular flexibility index (Phi) is 8.52. The first kappa shape index (κ1) is 29.5. The number of rotatable bonds is 8. The molecule has 0 spiro atoms. The molecule has 226 valence electrons. The molecule has 0 bridgehead atoms. The Bertz CT molecular complexity index is 1890. The molecule has 0 unspecified atom stereocenters. The van der Waals surface area contributed by atoms with Gasteiger partial charge in [-0.25, -0.2) is 14.4 Å². The van der Waals surface area contributed by atoms with Crippen LogP contribution in [-0.2, 0) is 18.9 Å². The third kappa shape index (κ3) is 6.39. The lowest BCUT2D eigenvalue weighted by atomic mass is 10.1. The number of carbonyl (C=O) groups excluding carboxylic acids is 3. The van der Waals surface area contributed by atoms with E-state index in [1.54, 1.807) is 109 Å². The Morgan fingerprint density at radius 1 is 0.689 bits per heavy atom. The van der Waals surface area contributed by atoms with E-state index in [1.165, 1.54) is 4.57 Å². The summed E-state index contributed by atoms with van der Waals surface area (Å²) in [6, 6.07) is 32.3. The van der Waals surface area contributed by atoms with E-state index in [9.17, 15) is 19.2 Å². The van der Waals surface area contributed by atoms with Gasteiger partial charge in [0.15, 0.2) is 18.4 Å². The molecule has 0 N–H and O–H groups in total. The van der Waals surface area contributed by atoms with E-state index < -0.39 is 48.0 Å². The van der Waals surface area contributed by atoms with Gasteiger partial charge in [-0.1, -0.05) is 72.3 Å². The van der Waals surface area contributed by atoms with Crippen LogP contribution in [0.5, 0.6) is 0 Å². The average Bonchev–Trinajstić information content (AvgIpc) is 3.40. The number of pyridine rings is 1. The minimum atomic E-state index is -1.29. The second-order valence-corrected chi connectivity index (χ2v) is 10.6. The summed E-state index contributed by atoms with van der Waals surface area (Å²) in [4.78, 5) is 53.4. The second kappa shape index (κ2) is 13.0. The van der Waals surface area contributed by atoms with Crippen molar-refractivity contribution in [2.75, 3.05) is 6.61 Å². The molecule has 1 aliphatic rings. The van der Waals surface area contributed by atoms with Gasteiger partial charge >= 0.3 is 17.9 Å². The summed E-state index contributed by atoms with van der Waals surface area (Å²) in [7, 11) is 0. The number of aryl methyl sites for hydroxylation is 1. The van der Waals surface area contributed by atoms with E-state index in [2.05, 4.69) is 0 Å². The highest BCUT2D eigenvalue weighted by molar-refractivity contribution is 5.91. The monoisotopic (exact) mass is 603 g/mol. The van der Waals surface area contributed by atoms with Crippen molar-refractivity contribution >= 4 is 28.7 Å². The lowest BCUT2D eigenvalue weighted by Crippen LogP contribution is -2.42. The molecule has 0 radical (unpaired) electrons. The molecule has 4 aromatic carbocycles. The van der Waals surface area contributed by atoms with Gasteiger partial charge in [-0.2, -0.15) is 0 Å². The van der Waals surface area contributed by atoms with Crippen LogP contribution in [0, 0.1) is 6.92 Å². The predicted molar refractivity (Wildman–Crippen MR) is 165 cm³/mol. The summed E-state index contributed by atoms with van der Waals surface area (Å²) in [6.07, 6.45) is -3.31. The molecule has 9 heteroatoms. The van der Waals surface area contributed by atoms with Gasteiger partial charge in [-0.05, 0) is 60.8 Å². The van der Waals surface area contributed by atoms with Gasteiger partial charge in [0.2, 0.25) is 0 Å². The Morgan fingerprint density at radius 2 is 1.22 bits per heavy atom. The minimum absolute atomic E-state index is 0.254. The summed E-state index contributed by atoms with van der Waals surface area (Å²) < 4.78 is 25.2. The fourth-order valence-electron chi connectivity index (χ4n) is 5.25. The van der Waals surface area contributed by atoms with Crippen LogP contribution < -0.4 is 5.56 Å². The van der Waals surface area contributed by atoms with Gasteiger partial charge in [0.1, 0.15) is 12.7 Å². The van der Waals surface area contributed by atoms with Gasteiger partial charge in [-0.3, -0.25) is 9.36 Å². The Morgan fingerprint density at radius 3 is 1.80 bits per heavy atom. The number of aromatic nitrogens is 1. The average molecular weight is 604 g/mol. The van der Waals surface area contributed by atoms with Crippen molar-refractivity contribution in [3.05, 3.63) is 154 Å². The maximum atomic E-state index is 13.8. The number of carbonyl (C=O) groups is 3. The minimum Gasteiger partial charge on any atom is -0.459 e. The normalized spacial score (nSPS) is 19.1. The summed E-state index contributed by atoms with van der Waals surface area (Å²) in [5, 5.41) is 1.16. The van der Waals surface area contributed by atoms with Crippen molar-refractivity contribution in [2.24, 2.45) is 0 Å². The Hall–Kier alpha value is -5.54. The highest BCUT2D eigenvalue weighted by Gasteiger charge is 2.51. The van der Waals surface area contributed by atoms with Crippen LogP contribution in [0.4, 0.5) is 0 Å². The van der Waals surface area contributed by atoms with Crippen LogP contribution in [0.1, 0.15) is 42.9 Å². The Balaban J connectivity index is 1.40. The number of hydrogen-bond donors (Lipinski definition) is 0. The van der Waals surface area contributed by atoms with Gasteiger partial charge in [0.05, 0.1) is 16.7 Å². The molecule has 6 rings (SSSR count). The van der Waals surface area contributed by atoms with E-state index in [0.29, 0.717) is 10.9 Å². The first-order valence-electron chi connectivity index (χ1n) is 14.4. The van der Waals surface area contributed by atoms with Crippen LogP contribution in [0.25, 0.3) is 10.8 Å². The molecule has 0 saturated carbocycles. The van der Waals surface area contributed by atoms with Crippen LogP contribution in [-0.4, -0.2) is 47.4 Å². The van der Waals surface area contributed by atoms with Crippen molar-refractivity contribution in [1.82, 2.24) is 4.57 Å². The number of esters is 3. The SMILES string of the molecule is Cc1ccc2ccn([C@@H]3O[C@H](COC(=O)c4ccccc4)[C@H](OC(=O)c4ccccc4)[C@H]3OC(=O)c3ccccc3)c(=O)c2c1. The van der Waals surface area contributed by atoms with E-state index in [0.717, 1.165) is 10.9 Å². The third-order valence-electron chi connectivity index (χ3n) is 7.54. The van der Waals surface area contributed by atoms with Crippen molar-refractivity contribution in [1.29, 1.82) is 0 Å². The molecule has 1 saturated heterocycles. The maximum absolute atomic E-state index is 13.8. The van der Waals surface area contributed by atoms with Crippen LogP contribution in [0.2, 0.25) is 0 Å². The maximum Gasteiger partial charge on any atom is 0.338 e. The fourth-order valence-corrected chi connectivity index (χ4v) is 5.25. The molecule has 1 aromatic heterocycles. The Labute approximate surface area is 258 Å². The van der Waals surface area contributed by atoms with Crippen molar-refractivity contribution in [3.8, 4) is 0 Å². The summed E-state index contributed by atoms with van der Waals surface area (Å²) >= 11 is 0. The third-order valence-corrected chi connectivity index (χ3v) is 7.54. The van der Waals surface area contributed by atoms with Crippen molar-refractivity contribution in [3.63, 3.8) is 0 Å². The zero-order chi connectivity index (χ0) is 31.3. The molecule has 1 fully saturated rings. The lowest BCUT2D eigenvalue weighted by molar-refractivity contribution is -0.0632. The summed E-state index contributed by atoms with van der Waals surface area (Å²) in [6.45, 7) is 1.53. The lowest BCUT2D eigenvalue weighted by Gasteiger charge is -2.25. The molecule has 4 atom stereocenters. The first-order valence-corrected chi connectivity index (χ1v) is 14.4. The van der Waals surface area contributed by atoms with Crippen molar-refractivity contribution in [2.45, 2.75) is 31.5 Å². The topological polar surface area (TPSA) is 110 Å². The van der Waals surface area contributed by atoms with E-state index >= 15 is 0 Å². The quantitative estimate of drug-likeness (QED) is 0.169. The smallest absolute Gasteiger partial charge is 0.338 e. The highest BCUT2D eigenvalue weighted by atomic mass is 16.7. The highest BCUT2D eigenvalue weighted by Crippen LogP contribution is 2.35. The van der Waals surface area contributed by atoms with Gasteiger partial charge in [-0.15, -0.1) is 0 Å². The second-order valence-electron chi connectivity index (χ2n) is 10.6. The van der Waals surface area contributed by atoms with Crippen LogP contribution >= 0.6 is 0 Å². The molecule has 0 amide bonds. The van der Waals surface area contributed by atoms with Crippen LogP contribution in [0.3, 0.4) is 0 Å². The largest absolute Gasteiger partial charge is 0.459 e. The van der Waals surface area contributed by atoms with Gasteiger partial charge < -0.3 is 18.9 Å². The molecule has 1 aliphatic heterocycles. The zero-order valence-corrected chi connectivity index (χ0v) is 24.3.